The van der Waals surface area contributed by atoms with E-state index in [0.29, 0.717) is 23.2 Å². The molecule has 0 aromatic heterocycles. The first-order chi connectivity index (χ1) is 11.1. The number of carbonyl (C=O) groups is 1. The standard InChI is InChI=1S/C19H13NO3/c21-16-5-1-3-13(11-16)7-8-14-4-2-6-17(19(22)23)18(14)15-9-10-20-12-15/h1-6,9,11-12,21H,10H2,(H,22,23). The molecule has 4 heteroatoms. The zero-order valence-corrected chi connectivity index (χ0v) is 12.2. The molecule has 23 heavy (non-hydrogen) atoms. The zero-order valence-electron chi connectivity index (χ0n) is 12.2. The summed E-state index contributed by atoms with van der Waals surface area (Å²) in [6, 6.07) is 11.6. The molecular formula is C19H13NO3. The highest BCUT2D eigenvalue weighted by Gasteiger charge is 2.17. The van der Waals surface area contributed by atoms with Crippen molar-refractivity contribution in [2.75, 3.05) is 6.54 Å². The predicted molar refractivity (Wildman–Crippen MR) is 88.8 cm³/mol. The highest BCUT2D eigenvalue weighted by Crippen LogP contribution is 2.24. The Labute approximate surface area is 133 Å². The number of phenols is 1. The van der Waals surface area contributed by atoms with Gasteiger partial charge in [0.15, 0.2) is 0 Å². The van der Waals surface area contributed by atoms with E-state index in [2.05, 4.69) is 16.8 Å². The number of hydrogen-bond donors (Lipinski definition) is 2. The normalized spacial score (nSPS) is 12.4. The lowest BCUT2D eigenvalue weighted by Crippen LogP contribution is -2.04. The second-order valence-electron chi connectivity index (χ2n) is 4.99. The summed E-state index contributed by atoms with van der Waals surface area (Å²) in [7, 11) is 0. The Kier molecular flexibility index (Phi) is 3.94. The number of carboxylic acid groups (broad SMARTS) is 1. The lowest BCUT2D eigenvalue weighted by Gasteiger charge is -2.08. The van der Waals surface area contributed by atoms with Crippen molar-refractivity contribution in [2.45, 2.75) is 0 Å². The third-order valence-electron chi connectivity index (χ3n) is 3.42. The zero-order chi connectivity index (χ0) is 16.2. The summed E-state index contributed by atoms with van der Waals surface area (Å²) in [4.78, 5) is 15.6. The lowest BCUT2D eigenvalue weighted by molar-refractivity contribution is 0.0696. The summed E-state index contributed by atoms with van der Waals surface area (Å²) in [5.41, 5.74) is 2.82. The molecule has 0 spiro atoms. The van der Waals surface area contributed by atoms with Crippen LogP contribution in [0.4, 0.5) is 0 Å². The topological polar surface area (TPSA) is 69.9 Å². The number of allylic oxidation sites excluding steroid dienone is 1. The average Bonchev–Trinajstić information content (AvgIpc) is 3.06. The van der Waals surface area contributed by atoms with Gasteiger partial charge in [-0.3, -0.25) is 4.99 Å². The van der Waals surface area contributed by atoms with Crippen LogP contribution in [0.1, 0.15) is 27.0 Å². The molecule has 0 fully saturated rings. The Bertz CT molecular complexity index is 898. The lowest BCUT2D eigenvalue weighted by atomic mass is 9.95. The summed E-state index contributed by atoms with van der Waals surface area (Å²) >= 11 is 0. The van der Waals surface area contributed by atoms with Gasteiger partial charge in [-0.2, -0.15) is 0 Å². The van der Waals surface area contributed by atoms with Gasteiger partial charge in [-0.1, -0.05) is 30.0 Å². The van der Waals surface area contributed by atoms with Crippen molar-refractivity contribution < 1.29 is 15.0 Å². The van der Waals surface area contributed by atoms with Gasteiger partial charge in [0.05, 0.1) is 12.1 Å². The van der Waals surface area contributed by atoms with Gasteiger partial charge in [-0.25, -0.2) is 4.79 Å². The second-order valence-corrected chi connectivity index (χ2v) is 4.99. The summed E-state index contributed by atoms with van der Waals surface area (Å²) in [6.45, 7) is 0.544. The molecule has 1 aliphatic rings. The fourth-order valence-corrected chi connectivity index (χ4v) is 2.39. The van der Waals surface area contributed by atoms with Gasteiger partial charge in [0, 0.05) is 22.9 Å². The van der Waals surface area contributed by atoms with Gasteiger partial charge in [0.1, 0.15) is 5.75 Å². The SMILES string of the molecule is O=C(O)c1cccc(C#Cc2cccc(O)c2)c1C1=CCN=C1. The Morgan fingerprint density at radius 2 is 1.96 bits per heavy atom. The predicted octanol–water partition coefficient (Wildman–Crippen LogP) is 2.96. The van der Waals surface area contributed by atoms with Gasteiger partial charge in [0.25, 0.3) is 0 Å². The molecule has 2 aromatic rings. The van der Waals surface area contributed by atoms with E-state index in [-0.39, 0.29) is 11.3 Å². The first-order valence-electron chi connectivity index (χ1n) is 7.03. The van der Waals surface area contributed by atoms with Crippen LogP contribution in [0.5, 0.6) is 5.75 Å². The molecule has 3 rings (SSSR count). The van der Waals surface area contributed by atoms with Gasteiger partial charge in [-0.05, 0) is 35.9 Å². The number of phenolic OH excluding ortho intramolecular Hbond substituents is 1. The van der Waals surface area contributed by atoms with Crippen molar-refractivity contribution in [3.05, 3.63) is 70.8 Å². The first kappa shape index (κ1) is 14.6. The van der Waals surface area contributed by atoms with E-state index in [4.69, 9.17) is 0 Å². The van der Waals surface area contributed by atoms with Crippen LogP contribution < -0.4 is 0 Å². The van der Waals surface area contributed by atoms with Crippen LogP contribution in [0.25, 0.3) is 5.57 Å². The molecule has 0 amide bonds. The largest absolute Gasteiger partial charge is 0.508 e. The van der Waals surface area contributed by atoms with Crippen molar-refractivity contribution in [1.82, 2.24) is 0 Å². The molecule has 0 atom stereocenters. The van der Waals surface area contributed by atoms with E-state index in [1.54, 1.807) is 48.7 Å². The number of nitrogens with zero attached hydrogens (tertiary/aromatic N) is 1. The molecule has 4 nitrogen and oxygen atoms in total. The molecule has 112 valence electrons. The summed E-state index contributed by atoms with van der Waals surface area (Å²) in [5.74, 6) is 5.10. The number of hydrogen-bond acceptors (Lipinski definition) is 3. The van der Waals surface area contributed by atoms with Crippen LogP contribution >= 0.6 is 0 Å². The van der Waals surface area contributed by atoms with Gasteiger partial charge < -0.3 is 10.2 Å². The van der Waals surface area contributed by atoms with E-state index >= 15 is 0 Å². The second kappa shape index (κ2) is 6.20. The maximum absolute atomic E-state index is 11.5. The summed E-state index contributed by atoms with van der Waals surface area (Å²) < 4.78 is 0. The van der Waals surface area contributed by atoms with Crippen LogP contribution in [0.2, 0.25) is 0 Å². The maximum atomic E-state index is 11.5. The summed E-state index contributed by atoms with van der Waals surface area (Å²) in [5, 5.41) is 18.9. The van der Waals surface area contributed by atoms with Gasteiger partial charge in [0.2, 0.25) is 0 Å². The number of rotatable bonds is 2. The molecule has 1 heterocycles. The Balaban J connectivity index is 2.11. The third-order valence-corrected chi connectivity index (χ3v) is 3.42. The number of benzene rings is 2. The molecule has 2 N–H and O–H groups in total. The molecular weight excluding hydrogens is 290 g/mol. The van der Waals surface area contributed by atoms with E-state index in [9.17, 15) is 15.0 Å². The minimum atomic E-state index is -0.998. The number of carboxylic acids is 1. The van der Waals surface area contributed by atoms with E-state index in [1.807, 2.05) is 6.08 Å². The Morgan fingerprint density at radius 3 is 2.65 bits per heavy atom. The minimum Gasteiger partial charge on any atom is -0.508 e. The number of aromatic carboxylic acids is 1. The van der Waals surface area contributed by atoms with Crippen molar-refractivity contribution in [2.24, 2.45) is 4.99 Å². The van der Waals surface area contributed by atoms with Gasteiger partial charge in [-0.15, -0.1) is 0 Å². The molecule has 0 bridgehead atoms. The summed E-state index contributed by atoms with van der Waals surface area (Å²) in [6.07, 6.45) is 3.54. The monoisotopic (exact) mass is 303 g/mol. The van der Waals surface area contributed by atoms with Crippen molar-refractivity contribution in [1.29, 1.82) is 0 Å². The molecule has 0 unspecified atom stereocenters. The third kappa shape index (κ3) is 3.14. The average molecular weight is 303 g/mol. The van der Waals surface area contributed by atoms with Crippen LogP contribution in [-0.4, -0.2) is 28.9 Å². The van der Waals surface area contributed by atoms with Crippen LogP contribution in [0.15, 0.2) is 53.5 Å². The molecule has 0 aliphatic carbocycles. The quantitative estimate of drug-likeness (QED) is 0.838. The van der Waals surface area contributed by atoms with E-state index in [1.165, 1.54) is 0 Å². The van der Waals surface area contributed by atoms with E-state index in [0.717, 1.165) is 5.57 Å². The van der Waals surface area contributed by atoms with Crippen molar-refractivity contribution in [3.63, 3.8) is 0 Å². The number of aliphatic imine (C=N–C) groups is 1. The smallest absolute Gasteiger partial charge is 0.336 e. The molecule has 2 aromatic carbocycles. The first-order valence-corrected chi connectivity index (χ1v) is 7.03. The van der Waals surface area contributed by atoms with Crippen molar-refractivity contribution in [3.8, 4) is 17.6 Å². The van der Waals surface area contributed by atoms with Gasteiger partial charge >= 0.3 is 5.97 Å². The minimum absolute atomic E-state index is 0.141. The van der Waals surface area contributed by atoms with Crippen LogP contribution in [0, 0.1) is 11.8 Å². The maximum Gasteiger partial charge on any atom is 0.336 e. The molecule has 0 radical (unpaired) electrons. The van der Waals surface area contributed by atoms with Crippen molar-refractivity contribution >= 4 is 17.8 Å². The Hall–Kier alpha value is -3.32. The Morgan fingerprint density at radius 1 is 1.13 bits per heavy atom. The van der Waals surface area contributed by atoms with Crippen LogP contribution in [0.3, 0.4) is 0 Å². The van der Waals surface area contributed by atoms with E-state index < -0.39 is 5.97 Å². The number of aromatic hydroxyl groups is 1. The highest BCUT2D eigenvalue weighted by molar-refractivity contribution is 6.15. The molecule has 1 aliphatic heterocycles. The molecule has 0 saturated carbocycles. The molecule has 0 saturated heterocycles. The van der Waals surface area contributed by atoms with Crippen LogP contribution in [-0.2, 0) is 0 Å². The highest BCUT2D eigenvalue weighted by atomic mass is 16.4. The fourth-order valence-electron chi connectivity index (χ4n) is 2.39. The fraction of sp³-hybridized carbons (Fsp3) is 0.0526.